The molecule has 6 nitrogen and oxygen atoms in total. The Hall–Kier alpha value is -1.03. The molecule has 0 aromatic carbocycles. The lowest BCUT2D eigenvalue weighted by atomic mass is 10.5. The van der Waals surface area contributed by atoms with E-state index >= 15 is 0 Å². The summed E-state index contributed by atoms with van der Waals surface area (Å²) < 4.78 is 10.9. The van der Waals surface area contributed by atoms with Crippen LogP contribution in [0, 0.1) is 0 Å². The molecule has 1 rings (SSSR count). The van der Waals surface area contributed by atoms with Gasteiger partial charge in [0, 0.05) is 21.7 Å². The standard InChI is InChI=1S/C11H14BrN3O3S2/c1-8(16)18-3-2-17-7-13-11(19)15-14-5-10-4-9(12)6-20-10/h4-6H,2-3,7H2,1H3,(H2,13,15,19). The third-order valence-corrected chi connectivity index (χ3v) is 3.68. The number of ether oxygens (including phenoxy) is 2. The molecule has 0 atom stereocenters. The summed E-state index contributed by atoms with van der Waals surface area (Å²) in [5.41, 5.74) is 2.67. The Kier molecular flexibility index (Phi) is 8.35. The first-order valence-electron chi connectivity index (χ1n) is 5.60. The van der Waals surface area contributed by atoms with E-state index in [0.717, 1.165) is 9.35 Å². The molecule has 0 bridgehead atoms. The quantitative estimate of drug-likeness (QED) is 0.188. The Morgan fingerprint density at radius 2 is 2.40 bits per heavy atom. The summed E-state index contributed by atoms with van der Waals surface area (Å²) in [5.74, 6) is -0.326. The van der Waals surface area contributed by atoms with Gasteiger partial charge in [-0.2, -0.15) is 5.10 Å². The summed E-state index contributed by atoms with van der Waals surface area (Å²) in [6.45, 7) is 2.10. The fourth-order valence-electron chi connectivity index (χ4n) is 1.02. The van der Waals surface area contributed by atoms with Crippen LogP contribution in [0.1, 0.15) is 11.8 Å². The lowest BCUT2D eigenvalue weighted by Gasteiger charge is -2.07. The maximum Gasteiger partial charge on any atom is 0.302 e. The first-order valence-corrected chi connectivity index (χ1v) is 7.68. The number of hydrogen-bond acceptors (Lipinski definition) is 6. The van der Waals surface area contributed by atoms with Crippen molar-refractivity contribution in [2.75, 3.05) is 19.9 Å². The number of thiocarbonyl (C=S) groups is 1. The maximum atomic E-state index is 10.5. The fraction of sp³-hybridized carbons (Fsp3) is 0.364. The molecule has 1 heterocycles. The number of carbonyl (C=O) groups excluding carboxylic acids is 1. The Morgan fingerprint density at radius 3 is 3.05 bits per heavy atom. The molecule has 0 saturated carbocycles. The van der Waals surface area contributed by atoms with Crippen LogP contribution in [0.25, 0.3) is 0 Å². The van der Waals surface area contributed by atoms with E-state index in [0.29, 0.717) is 11.7 Å². The van der Waals surface area contributed by atoms with Gasteiger partial charge < -0.3 is 14.8 Å². The predicted molar refractivity (Wildman–Crippen MR) is 85.9 cm³/mol. The largest absolute Gasteiger partial charge is 0.463 e. The van der Waals surface area contributed by atoms with Gasteiger partial charge in [0.25, 0.3) is 0 Å². The van der Waals surface area contributed by atoms with Crippen molar-refractivity contribution in [3.05, 3.63) is 20.8 Å². The van der Waals surface area contributed by atoms with Crippen LogP contribution in [-0.4, -0.2) is 37.2 Å². The van der Waals surface area contributed by atoms with Gasteiger partial charge in [0.1, 0.15) is 13.3 Å². The van der Waals surface area contributed by atoms with Crippen LogP contribution in [0.15, 0.2) is 21.0 Å². The minimum atomic E-state index is -0.326. The number of halogens is 1. The third kappa shape index (κ3) is 8.20. The molecule has 0 saturated heterocycles. The summed E-state index contributed by atoms with van der Waals surface area (Å²) in [6.07, 6.45) is 1.67. The van der Waals surface area contributed by atoms with Gasteiger partial charge in [0.05, 0.1) is 12.8 Å². The summed E-state index contributed by atoms with van der Waals surface area (Å²) >= 11 is 9.91. The summed E-state index contributed by atoms with van der Waals surface area (Å²) in [7, 11) is 0. The second kappa shape index (κ2) is 9.81. The zero-order valence-electron chi connectivity index (χ0n) is 10.7. The van der Waals surface area contributed by atoms with Crippen LogP contribution in [0.4, 0.5) is 0 Å². The van der Waals surface area contributed by atoms with Crippen LogP contribution in [0.2, 0.25) is 0 Å². The van der Waals surface area contributed by atoms with Crippen molar-refractivity contribution in [1.82, 2.24) is 10.7 Å². The van der Waals surface area contributed by atoms with E-state index in [1.165, 1.54) is 6.92 Å². The van der Waals surface area contributed by atoms with Crippen molar-refractivity contribution < 1.29 is 14.3 Å². The molecular formula is C11H14BrN3O3S2. The first kappa shape index (κ1) is 17.0. The molecule has 0 unspecified atom stereocenters. The van der Waals surface area contributed by atoms with Crippen molar-refractivity contribution >= 4 is 56.8 Å². The minimum absolute atomic E-state index is 0.215. The molecule has 110 valence electrons. The van der Waals surface area contributed by atoms with Crippen LogP contribution in [-0.2, 0) is 14.3 Å². The molecule has 0 aliphatic carbocycles. The van der Waals surface area contributed by atoms with Gasteiger partial charge in [-0.1, -0.05) is 0 Å². The third-order valence-electron chi connectivity index (χ3n) is 1.81. The van der Waals surface area contributed by atoms with E-state index in [1.54, 1.807) is 17.6 Å². The number of hydrogen-bond donors (Lipinski definition) is 2. The van der Waals surface area contributed by atoms with E-state index in [2.05, 4.69) is 31.8 Å². The number of nitrogens with one attached hydrogen (secondary N) is 2. The normalized spacial score (nSPS) is 10.5. The molecule has 20 heavy (non-hydrogen) atoms. The van der Waals surface area contributed by atoms with E-state index in [9.17, 15) is 4.79 Å². The summed E-state index contributed by atoms with van der Waals surface area (Å²) in [5, 5.41) is 9.10. The number of esters is 1. The highest BCUT2D eigenvalue weighted by molar-refractivity contribution is 9.10. The van der Waals surface area contributed by atoms with E-state index < -0.39 is 0 Å². The van der Waals surface area contributed by atoms with Gasteiger partial charge in [-0.25, -0.2) is 0 Å². The van der Waals surface area contributed by atoms with Crippen molar-refractivity contribution in [3.63, 3.8) is 0 Å². The van der Waals surface area contributed by atoms with Gasteiger partial charge in [-0.3, -0.25) is 10.2 Å². The fourth-order valence-corrected chi connectivity index (χ4v) is 2.44. The second-order valence-corrected chi connectivity index (χ2v) is 5.70. The topological polar surface area (TPSA) is 72.0 Å². The average molecular weight is 380 g/mol. The van der Waals surface area contributed by atoms with Gasteiger partial charge in [0.15, 0.2) is 5.11 Å². The van der Waals surface area contributed by atoms with Gasteiger partial charge in [0.2, 0.25) is 0 Å². The molecule has 0 fully saturated rings. The van der Waals surface area contributed by atoms with E-state index in [1.807, 2.05) is 11.4 Å². The van der Waals surface area contributed by atoms with Crippen LogP contribution in [0.3, 0.4) is 0 Å². The summed E-state index contributed by atoms with van der Waals surface area (Å²) in [4.78, 5) is 11.5. The highest BCUT2D eigenvalue weighted by atomic mass is 79.9. The lowest BCUT2D eigenvalue weighted by molar-refractivity contribution is -0.142. The molecule has 1 aromatic rings. The van der Waals surface area contributed by atoms with E-state index in [4.69, 9.17) is 21.7 Å². The number of carbonyl (C=O) groups is 1. The molecule has 1 aromatic heterocycles. The smallest absolute Gasteiger partial charge is 0.302 e. The van der Waals surface area contributed by atoms with Crippen LogP contribution in [0.5, 0.6) is 0 Å². The average Bonchev–Trinajstić information content (AvgIpc) is 2.79. The number of thiophene rings is 1. The van der Waals surface area contributed by atoms with Crippen LogP contribution >= 0.6 is 39.5 Å². The van der Waals surface area contributed by atoms with Gasteiger partial charge in [-0.05, 0) is 34.2 Å². The maximum absolute atomic E-state index is 10.5. The van der Waals surface area contributed by atoms with Gasteiger partial charge in [-0.15, -0.1) is 11.3 Å². The highest BCUT2D eigenvalue weighted by Gasteiger charge is 1.96. The number of hydrazone groups is 1. The van der Waals surface area contributed by atoms with Crippen molar-refractivity contribution in [2.24, 2.45) is 5.10 Å². The summed E-state index contributed by atoms with van der Waals surface area (Å²) in [6, 6.07) is 1.95. The number of nitrogens with zero attached hydrogens (tertiary/aromatic N) is 1. The molecule has 9 heteroatoms. The SMILES string of the molecule is CC(=O)OCCOCNC(=S)NN=Cc1cc(Br)cs1. The number of rotatable bonds is 7. The Bertz CT molecular complexity index is 479. The molecule has 0 aliphatic heterocycles. The predicted octanol–water partition coefficient (Wildman–Crippen LogP) is 1.85. The van der Waals surface area contributed by atoms with E-state index in [-0.39, 0.29) is 19.3 Å². The Labute approximate surface area is 134 Å². The molecule has 0 spiro atoms. The van der Waals surface area contributed by atoms with Crippen molar-refractivity contribution in [1.29, 1.82) is 0 Å². The van der Waals surface area contributed by atoms with Gasteiger partial charge >= 0.3 is 5.97 Å². The molecule has 0 aliphatic rings. The zero-order chi connectivity index (χ0) is 14.8. The highest BCUT2D eigenvalue weighted by Crippen LogP contribution is 2.17. The lowest BCUT2D eigenvalue weighted by Crippen LogP contribution is -2.34. The monoisotopic (exact) mass is 379 g/mol. The van der Waals surface area contributed by atoms with Crippen LogP contribution < -0.4 is 10.7 Å². The molecule has 2 N–H and O–H groups in total. The Morgan fingerprint density at radius 1 is 1.60 bits per heavy atom. The zero-order valence-corrected chi connectivity index (χ0v) is 13.9. The minimum Gasteiger partial charge on any atom is -0.463 e. The molecule has 0 amide bonds. The van der Waals surface area contributed by atoms with Crippen molar-refractivity contribution in [2.45, 2.75) is 6.92 Å². The van der Waals surface area contributed by atoms with Crippen molar-refractivity contribution in [3.8, 4) is 0 Å². The molecule has 0 radical (unpaired) electrons. The second-order valence-electron chi connectivity index (χ2n) is 3.44. The molecular weight excluding hydrogens is 366 g/mol. The Balaban J connectivity index is 2.06. The first-order chi connectivity index (χ1) is 9.58.